The lowest BCUT2D eigenvalue weighted by atomic mass is 10.1. The van der Waals surface area contributed by atoms with E-state index in [1.807, 2.05) is 56.4 Å². The van der Waals surface area contributed by atoms with E-state index in [0.29, 0.717) is 11.5 Å². The van der Waals surface area contributed by atoms with Crippen molar-refractivity contribution in [1.29, 1.82) is 0 Å². The SMILES string of the molecule is COc1ccc([C@@H](C)N(C)C(=O)Cc2cc(OC)ccc2OC)cc1. The van der Waals surface area contributed by atoms with Crippen LogP contribution in [0.4, 0.5) is 0 Å². The van der Waals surface area contributed by atoms with Crippen molar-refractivity contribution in [1.82, 2.24) is 4.90 Å². The van der Waals surface area contributed by atoms with Gasteiger partial charge in [-0.3, -0.25) is 4.79 Å². The zero-order valence-electron chi connectivity index (χ0n) is 15.4. The fraction of sp³-hybridized carbons (Fsp3) is 0.350. The maximum atomic E-state index is 12.7. The first-order chi connectivity index (χ1) is 12.0. The number of carbonyl (C=O) groups is 1. The van der Waals surface area contributed by atoms with Crippen molar-refractivity contribution in [2.75, 3.05) is 28.4 Å². The molecule has 2 aromatic rings. The molecule has 0 N–H and O–H groups in total. The quantitative estimate of drug-likeness (QED) is 0.772. The summed E-state index contributed by atoms with van der Waals surface area (Å²) in [6.07, 6.45) is 0.247. The van der Waals surface area contributed by atoms with Gasteiger partial charge in [-0.05, 0) is 42.8 Å². The first-order valence-corrected chi connectivity index (χ1v) is 8.10. The summed E-state index contributed by atoms with van der Waals surface area (Å²) in [7, 11) is 6.64. The van der Waals surface area contributed by atoms with Gasteiger partial charge in [-0.15, -0.1) is 0 Å². The van der Waals surface area contributed by atoms with Gasteiger partial charge in [0.05, 0.1) is 33.8 Å². The van der Waals surface area contributed by atoms with Crippen molar-refractivity contribution in [2.45, 2.75) is 19.4 Å². The summed E-state index contributed by atoms with van der Waals surface area (Å²) in [5, 5.41) is 0. The first kappa shape index (κ1) is 18.6. The van der Waals surface area contributed by atoms with Crippen LogP contribution in [0.3, 0.4) is 0 Å². The number of ether oxygens (including phenoxy) is 3. The number of hydrogen-bond acceptors (Lipinski definition) is 4. The Balaban J connectivity index is 2.13. The van der Waals surface area contributed by atoms with Crippen molar-refractivity contribution in [3.63, 3.8) is 0 Å². The van der Waals surface area contributed by atoms with Gasteiger partial charge in [0, 0.05) is 12.6 Å². The largest absolute Gasteiger partial charge is 0.497 e. The van der Waals surface area contributed by atoms with Crippen LogP contribution in [0.1, 0.15) is 24.1 Å². The molecular weight excluding hydrogens is 318 g/mol. The van der Waals surface area contributed by atoms with Crippen molar-refractivity contribution >= 4 is 5.91 Å². The van der Waals surface area contributed by atoms with Crippen LogP contribution in [-0.4, -0.2) is 39.2 Å². The van der Waals surface area contributed by atoms with Gasteiger partial charge in [-0.25, -0.2) is 0 Å². The molecule has 5 heteroatoms. The van der Waals surface area contributed by atoms with Crippen molar-refractivity contribution in [2.24, 2.45) is 0 Å². The monoisotopic (exact) mass is 343 g/mol. The summed E-state index contributed by atoms with van der Waals surface area (Å²) in [6, 6.07) is 13.2. The minimum atomic E-state index is -0.0463. The van der Waals surface area contributed by atoms with E-state index in [0.717, 1.165) is 16.9 Å². The molecule has 2 rings (SSSR count). The van der Waals surface area contributed by atoms with Gasteiger partial charge >= 0.3 is 0 Å². The third-order valence-corrected chi connectivity index (χ3v) is 4.40. The maximum Gasteiger partial charge on any atom is 0.227 e. The van der Waals surface area contributed by atoms with Crippen LogP contribution in [0.25, 0.3) is 0 Å². The molecule has 0 saturated heterocycles. The van der Waals surface area contributed by atoms with Gasteiger partial charge in [0.15, 0.2) is 0 Å². The Kier molecular flexibility index (Phi) is 6.28. The standard InChI is InChI=1S/C20H25NO4/c1-14(15-6-8-17(23-3)9-7-15)21(2)20(22)13-16-12-18(24-4)10-11-19(16)25-5/h6-12,14H,13H2,1-5H3/t14-/m1/s1. The molecule has 0 fully saturated rings. The van der Waals surface area contributed by atoms with Crippen LogP contribution < -0.4 is 14.2 Å². The lowest BCUT2D eigenvalue weighted by Crippen LogP contribution is -2.31. The van der Waals surface area contributed by atoms with Gasteiger partial charge in [0.25, 0.3) is 0 Å². The minimum absolute atomic E-state index is 0.00914. The molecule has 0 aliphatic rings. The van der Waals surface area contributed by atoms with Gasteiger partial charge in [0.1, 0.15) is 17.2 Å². The Morgan fingerprint density at radius 3 is 2.12 bits per heavy atom. The number of rotatable bonds is 7. The molecule has 2 aromatic carbocycles. The van der Waals surface area contributed by atoms with Crippen LogP contribution >= 0.6 is 0 Å². The Labute approximate surface area is 149 Å². The molecule has 25 heavy (non-hydrogen) atoms. The van der Waals surface area contributed by atoms with Gasteiger partial charge < -0.3 is 19.1 Å². The van der Waals surface area contributed by atoms with Crippen molar-refractivity contribution in [3.8, 4) is 17.2 Å². The predicted molar refractivity (Wildman–Crippen MR) is 97.4 cm³/mol. The molecule has 0 aliphatic heterocycles. The Morgan fingerprint density at radius 2 is 1.56 bits per heavy atom. The summed E-state index contributed by atoms with van der Waals surface area (Å²) >= 11 is 0. The Bertz CT molecular complexity index is 712. The molecule has 0 spiro atoms. The lowest BCUT2D eigenvalue weighted by molar-refractivity contribution is -0.131. The highest BCUT2D eigenvalue weighted by molar-refractivity contribution is 5.80. The van der Waals surface area contributed by atoms with E-state index >= 15 is 0 Å². The van der Waals surface area contributed by atoms with Gasteiger partial charge in [-0.1, -0.05) is 12.1 Å². The van der Waals surface area contributed by atoms with E-state index in [-0.39, 0.29) is 18.4 Å². The first-order valence-electron chi connectivity index (χ1n) is 8.10. The number of hydrogen-bond donors (Lipinski definition) is 0. The highest BCUT2D eigenvalue weighted by Gasteiger charge is 2.19. The van der Waals surface area contributed by atoms with Crippen molar-refractivity contribution < 1.29 is 19.0 Å². The normalized spacial score (nSPS) is 11.6. The molecule has 0 unspecified atom stereocenters. The Morgan fingerprint density at radius 1 is 0.960 bits per heavy atom. The van der Waals surface area contributed by atoms with E-state index in [1.165, 1.54) is 0 Å². The highest BCUT2D eigenvalue weighted by atomic mass is 16.5. The summed E-state index contributed by atoms with van der Waals surface area (Å²) in [4.78, 5) is 14.5. The second-order valence-electron chi connectivity index (χ2n) is 5.81. The average Bonchev–Trinajstić information content (AvgIpc) is 2.66. The number of benzene rings is 2. The number of likely N-dealkylation sites (N-methyl/N-ethyl adjacent to an activating group) is 1. The molecule has 0 aliphatic carbocycles. The number of nitrogens with zero attached hydrogens (tertiary/aromatic N) is 1. The van der Waals surface area contributed by atoms with Crippen LogP contribution in [0, 0.1) is 0 Å². The fourth-order valence-corrected chi connectivity index (χ4v) is 2.63. The summed E-state index contributed by atoms with van der Waals surface area (Å²) in [5.74, 6) is 2.19. The summed E-state index contributed by atoms with van der Waals surface area (Å²) < 4.78 is 15.8. The number of amides is 1. The van der Waals surface area contributed by atoms with E-state index in [1.54, 1.807) is 26.2 Å². The van der Waals surface area contributed by atoms with Gasteiger partial charge in [0.2, 0.25) is 5.91 Å². The second-order valence-corrected chi connectivity index (χ2v) is 5.81. The number of carbonyl (C=O) groups excluding carboxylic acids is 1. The molecule has 1 atom stereocenters. The smallest absolute Gasteiger partial charge is 0.227 e. The second kappa shape index (κ2) is 8.42. The third kappa shape index (κ3) is 4.44. The van der Waals surface area contributed by atoms with Crippen LogP contribution in [-0.2, 0) is 11.2 Å². The third-order valence-electron chi connectivity index (χ3n) is 4.40. The van der Waals surface area contributed by atoms with Gasteiger partial charge in [-0.2, -0.15) is 0 Å². The van der Waals surface area contributed by atoms with E-state index in [2.05, 4.69) is 0 Å². The van der Waals surface area contributed by atoms with Crippen LogP contribution in [0.2, 0.25) is 0 Å². The molecule has 0 saturated carbocycles. The zero-order valence-corrected chi connectivity index (χ0v) is 15.4. The zero-order chi connectivity index (χ0) is 18.4. The maximum absolute atomic E-state index is 12.7. The molecular formula is C20H25NO4. The molecule has 134 valence electrons. The molecule has 5 nitrogen and oxygen atoms in total. The minimum Gasteiger partial charge on any atom is -0.497 e. The highest BCUT2D eigenvalue weighted by Crippen LogP contribution is 2.27. The fourth-order valence-electron chi connectivity index (χ4n) is 2.63. The summed E-state index contributed by atoms with van der Waals surface area (Å²) in [5.41, 5.74) is 1.86. The molecule has 1 amide bonds. The molecule has 0 bridgehead atoms. The molecule has 0 heterocycles. The van der Waals surface area contributed by atoms with Crippen molar-refractivity contribution in [3.05, 3.63) is 53.6 Å². The van der Waals surface area contributed by atoms with E-state index in [4.69, 9.17) is 14.2 Å². The predicted octanol–water partition coefficient (Wildman–Crippen LogP) is 3.47. The molecule has 0 aromatic heterocycles. The molecule has 0 radical (unpaired) electrons. The average molecular weight is 343 g/mol. The van der Waals surface area contributed by atoms with E-state index < -0.39 is 0 Å². The Hall–Kier alpha value is -2.69. The lowest BCUT2D eigenvalue weighted by Gasteiger charge is -2.26. The van der Waals surface area contributed by atoms with Crippen LogP contribution in [0.5, 0.6) is 17.2 Å². The summed E-state index contributed by atoms with van der Waals surface area (Å²) in [6.45, 7) is 2.00. The van der Waals surface area contributed by atoms with Crippen LogP contribution in [0.15, 0.2) is 42.5 Å². The topological polar surface area (TPSA) is 48.0 Å². The van der Waals surface area contributed by atoms with E-state index in [9.17, 15) is 4.79 Å². The number of methoxy groups -OCH3 is 3.